The van der Waals surface area contributed by atoms with E-state index in [0.717, 1.165) is 11.3 Å². The van der Waals surface area contributed by atoms with Crippen LogP contribution in [0.2, 0.25) is 0 Å². The van der Waals surface area contributed by atoms with Gasteiger partial charge in [0.15, 0.2) is 5.13 Å². The van der Waals surface area contributed by atoms with Gasteiger partial charge in [0, 0.05) is 6.92 Å². The Hall–Kier alpha value is -1.02. The Bertz CT molecular complexity index is 285. The van der Waals surface area contributed by atoms with Gasteiger partial charge in [-0.1, -0.05) is 0 Å². The summed E-state index contributed by atoms with van der Waals surface area (Å²) in [5, 5.41) is 20.6. The zero-order valence-electron chi connectivity index (χ0n) is 6.20. The lowest BCUT2D eigenvalue weighted by molar-refractivity contribution is -0.989. The number of quaternary nitrogens is 1. The number of carbonyl (C=O) groups excluding carboxylic acids is 1. The molecule has 7 heteroatoms. The molecule has 1 amide bonds. The summed E-state index contributed by atoms with van der Waals surface area (Å²) in [6.45, 7) is 1.34. The zero-order chi connectivity index (χ0) is 9.14. The van der Waals surface area contributed by atoms with E-state index < -0.39 is 5.23 Å². The molecule has 1 rings (SSSR count). The van der Waals surface area contributed by atoms with Crippen LogP contribution in [0.5, 0.6) is 0 Å². The molecule has 3 N–H and O–H groups in total. The Labute approximate surface area is 72.0 Å². The van der Waals surface area contributed by atoms with Crippen molar-refractivity contribution in [1.29, 1.82) is 0 Å². The lowest BCUT2D eigenvalue weighted by atomic mass is 10.7. The third kappa shape index (κ3) is 2.24. The highest BCUT2D eigenvalue weighted by Crippen LogP contribution is 2.18. The minimum Gasteiger partial charge on any atom is -0.594 e. The molecule has 0 bridgehead atoms. The number of aromatic nitrogens is 1. The molecule has 1 aromatic heterocycles. The van der Waals surface area contributed by atoms with Crippen LogP contribution >= 0.6 is 11.3 Å². The van der Waals surface area contributed by atoms with Crippen LogP contribution in [0.1, 0.15) is 6.92 Å². The first-order valence-electron chi connectivity index (χ1n) is 3.06. The number of thiazole rings is 1. The zero-order valence-corrected chi connectivity index (χ0v) is 7.01. The molecule has 0 radical (unpaired) electrons. The maximum Gasteiger partial charge on any atom is 0.241 e. The minimum absolute atomic E-state index is 0.110. The highest BCUT2D eigenvalue weighted by molar-refractivity contribution is 7.18. The van der Waals surface area contributed by atoms with Crippen molar-refractivity contribution in [2.75, 3.05) is 5.32 Å². The predicted molar refractivity (Wildman–Crippen MR) is 42.2 cm³/mol. The highest BCUT2D eigenvalue weighted by Gasteiger charge is 2.07. The summed E-state index contributed by atoms with van der Waals surface area (Å²) in [5.74, 6) is -0.263. The van der Waals surface area contributed by atoms with Crippen molar-refractivity contribution in [3.8, 4) is 0 Å². The van der Waals surface area contributed by atoms with Crippen molar-refractivity contribution >= 4 is 27.4 Å². The lowest BCUT2D eigenvalue weighted by Crippen LogP contribution is -2.98. The van der Waals surface area contributed by atoms with Crippen LogP contribution in [0.15, 0.2) is 6.20 Å². The van der Waals surface area contributed by atoms with Gasteiger partial charge < -0.3 is 10.5 Å². The van der Waals surface area contributed by atoms with E-state index >= 15 is 0 Å². The Morgan fingerprint density at radius 3 is 3.00 bits per heavy atom. The Morgan fingerprint density at radius 1 is 1.92 bits per heavy atom. The van der Waals surface area contributed by atoms with E-state index in [2.05, 4.69) is 10.3 Å². The van der Waals surface area contributed by atoms with Gasteiger partial charge in [-0.2, -0.15) is 5.23 Å². The summed E-state index contributed by atoms with van der Waals surface area (Å²) in [7, 11) is 0. The molecule has 1 unspecified atom stereocenters. The molecule has 0 aliphatic carbocycles. The number of amides is 1. The van der Waals surface area contributed by atoms with Gasteiger partial charge in [0.05, 0.1) is 0 Å². The first kappa shape index (κ1) is 9.07. The Morgan fingerprint density at radius 2 is 2.58 bits per heavy atom. The van der Waals surface area contributed by atoms with Crippen LogP contribution in [0.3, 0.4) is 0 Å². The molecule has 0 spiro atoms. The molecule has 0 aromatic carbocycles. The van der Waals surface area contributed by atoms with Gasteiger partial charge in [-0.15, -0.1) is 0 Å². The normalized spacial score (nSPS) is 12.6. The fraction of sp³-hybridized carbons (Fsp3) is 0.200. The number of anilines is 1. The molecule has 0 aliphatic heterocycles. The SMILES string of the molecule is CC(=O)Nc1ncc([NH+]([O-])O)s1. The van der Waals surface area contributed by atoms with Gasteiger partial charge in [0.25, 0.3) is 0 Å². The van der Waals surface area contributed by atoms with Crippen molar-refractivity contribution in [3.05, 3.63) is 11.4 Å². The summed E-state index contributed by atoms with van der Waals surface area (Å²) in [4.78, 5) is 14.2. The monoisotopic (exact) mass is 189 g/mol. The molecule has 0 saturated carbocycles. The van der Waals surface area contributed by atoms with Crippen LogP contribution in [0, 0.1) is 5.21 Å². The fourth-order valence-electron chi connectivity index (χ4n) is 0.581. The molecule has 1 aromatic rings. The number of nitrogens with one attached hydrogen (secondary N) is 2. The number of nitrogens with zero attached hydrogens (tertiary/aromatic N) is 1. The van der Waals surface area contributed by atoms with Crippen LogP contribution in [-0.2, 0) is 4.79 Å². The second-order valence-electron chi connectivity index (χ2n) is 2.02. The molecule has 0 saturated heterocycles. The van der Waals surface area contributed by atoms with Gasteiger partial charge in [-0.3, -0.25) is 4.79 Å². The van der Waals surface area contributed by atoms with E-state index in [1.54, 1.807) is 0 Å². The Kier molecular flexibility index (Phi) is 2.71. The fourth-order valence-corrected chi connectivity index (χ4v) is 1.28. The average molecular weight is 189 g/mol. The number of rotatable bonds is 2. The third-order valence-corrected chi connectivity index (χ3v) is 1.90. The Balaban J connectivity index is 2.70. The van der Waals surface area contributed by atoms with Gasteiger partial charge in [0.1, 0.15) is 6.20 Å². The summed E-state index contributed by atoms with van der Waals surface area (Å²) in [5.41, 5.74) is 0. The minimum atomic E-state index is -1.04. The molecule has 12 heavy (non-hydrogen) atoms. The predicted octanol–water partition coefficient (Wildman–Crippen LogP) is -0.495. The van der Waals surface area contributed by atoms with Crippen LogP contribution < -0.4 is 10.5 Å². The first-order valence-corrected chi connectivity index (χ1v) is 3.88. The van der Waals surface area contributed by atoms with Crippen LogP contribution in [0.25, 0.3) is 0 Å². The summed E-state index contributed by atoms with van der Waals surface area (Å²) >= 11 is 0.927. The lowest BCUT2D eigenvalue weighted by Gasteiger charge is -2.06. The molecule has 0 fully saturated rings. The third-order valence-electron chi connectivity index (χ3n) is 0.999. The molecule has 0 aliphatic rings. The van der Waals surface area contributed by atoms with Crippen molar-refractivity contribution < 1.29 is 15.2 Å². The quantitative estimate of drug-likeness (QED) is 0.547. The van der Waals surface area contributed by atoms with Crippen molar-refractivity contribution in [2.45, 2.75) is 6.92 Å². The van der Waals surface area contributed by atoms with E-state index in [9.17, 15) is 10.0 Å². The second-order valence-corrected chi connectivity index (χ2v) is 3.05. The summed E-state index contributed by atoms with van der Waals surface area (Å²) in [6, 6.07) is 0. The first-order chi connectivity index (χ1) is 5.59. The van der Waals surface area contributed by atoms with Gasteiger partial charge in [0.2, 0.25) is 10.9 Å². The van der Waals surface area contributed by atoms with Crippen molar-refractivity contribution in [3.63, 3.8) is 0 Å². The molecule has 1 atom stereocenters. The maximum atomic E-state index is 10.5. The maximum absolute atomic E-state index is 10.5. The number of carbonyl (C=O) groups is 1. The molecule has 6 nitrogen and oxygen atoms in total. The summed E-state index contributed by atoms with van der Waals surface area (Å²) < 4.78 is 0. The van der Waals surface area contributed by atoms with Crippen LogP contribution in [0.4, 0.5) is 10.1 Å². The molecule has 1 heterocycles. The van der Waals surface area contributed by atoms with Crippen LogP contribution in [-0.4, -0.2) is 16.1 Å². The van der Waals surface area contributed by atoms with E-state index in [4.69, 9.17) is 5.21 Å². The second kappa shape index (κ2) is 3.59. The van der Waals surface area contributed by atoms with Crippen molar-refractivity contribution in [1.82, 2.24) is 4.98 Å². The average Bonchev–Trinajstić information content (AvgIpc) is 2.34. The van der Waals surface area contributed by atoms with Gasteiger partial charge in [-0.05, 0) is 11.3 Å². The van der Waals surface area contributed by atoms with E-state index in [1.807, 2.05) is 0 Å². The van der Waals surface area contributed by atoms with E-state index in [1.165, 1.54) is 13.1 Å². The van der Waals surface area contributed by atoms with E-state index in [-0.39, 0.29) is 10.9 Å². The molecule has 66 valence electrons. The van der Waals surface area contributed by atoms with E-state index in [0.29, 0.717) is 5.13 Å². The largest absolute Gasteiger partial charge is 0.594 e. The smallest absolute Gasteiger partial charge is 0.241 e. The summed E-state index contributed by atoms with van der Waals surface area (Å²) in [6.07, 6.45) is 1.21. The highest BCUT2D eigenvalue weighted by atomic mass is 32.1. The van der Waals surface area contributed by atoms with Gasteiger partial charge in [-0.25, -0.2) is 10.2 Å². The standard InChI is InChI=1S/C5H7N3O3S/c1-3(9)7-5-6-2-4(12-5)8(10)11/h2,8,10H,1H3,(H,6,7,9). The van der Waals surface area contributed by atoms with Crippen molar-refractivity contribution in [2.24, 2.45) is 0 Å². The topological polar surface area (TPSA) is 89.7 Å². The number of hydrogen-bond donors (Lipinski definition) is 3. The van der Waals surface area contributed by atoms with Gasteiger partial charge >= 0.3 is 0 Å². The molecular formula is C5H7N3O3S. The molecular weight excluding hydrogens is 182 g/mol. The number of hydrogen-bond acceptors (Lipinski definition) is 5.